The summed E-state index contributed by atoms with van der Waals surface area (Å²) >= 11 is 1.86. The Hall–Kier alpha value is -1.39. The van der Waals surface area contributed by atoms with Gasteiger partial charge in [0.05, 0.1) is 11.7 Å². The lowest BCUT2D eigenvalue weighted by molar-refractivity contribution is -0.138. The van der Waals surface area contributed by atoms with Gasteiger partial charge in [0, 0.05) is 18.2 Å². The number of benzene rings is 1. The van der Waals surface area contributed by atoms with Crippen molar-refractivity contribution < 1.29 is 4.79 Å². The zero-order valence-electron chi connectivity index (χ0n) is 14.8. The summed E-state index contributed by atoms with van der Waals surface area (Å²) in [6.07, 6.45) is 5.95. The van der Waals surface area contributed by atoms with Crippen LogP contribution in [0.15, 0.2) is 23.6 Å². The quantitative estimate of drug-likeness (QED) is 0.867. The largest absolute Gasteiger partial charge is 0.330 e. The number of hydrogen-bond donors (Lipinski definition) is 1. The standard InChI is InChI=1S/C20H26N2OS/c1-13-21-20(2,11-19(23)22(13)3)15-8-9-18-16(10-15)17(12-24-18)14-6-4-5-7-14/h8-10,12-14,21H,4-7,11H2,1-3H3/t13?,20-/m0/s1. The Morgan fingerprint density at radius 3 is 2.75 bits per heavy atom. The van der Waals surface area contributed by atoms with E-state index in [9.17, 15) is 4.79 Å². The fraction of sp³-hybridized carbons (Fsp3) is 0.550. The molecule has 1 saturated heterocycles. The molecule has 128 valence electrons. The number of amides is 1. The molecule has 2 fully saturated rings. The van der Waals surface area contributed by atoms with Crippen molar-refractivity contribution in [1.29, 1.82) is 0 Å². The van der Waals surface area contributed by atoms with Gasteiger partial charge < -0.3 is 4.90 Å². The van der Waals surface area contributed by atoms with Crippen LogP contribution in [0.25, 0.3) is 10.1 Å². The van der Waals surface area contributed by atoms with Crippen molar-refractivity contribution in [3.05, 3.63) is 34.7 Å². The maximum Gasteiger partial charge on any atom is 0.225 e. The van der Waals surface area contributed by atoms with Crippen LogP contribution in [0.3, 0.4) is 0 Å². The number of hydrogen-bond acceptors (Lipinski definition) is 3. The van der Waals surface area contributed by atoms with Crippen LogP contribution >= 0.6 is 11.3 Å². The van der Waals surface area contributed by atoms with E-state index in [1.165, 1.54) is 46.9 Å². The van der Waals surface area contributed by atoms with Gasteiger partial charge in [0.1, 0.15) is 0 Å². The van der Waals surface area contributed by atoms with E-state index in [2.05, 4.69) is 42.7 Å². The van der Waals surface area contributed by atoms with E-state index >= 15 is 0 Å². The smallest absolute Gasteiger partial charge is 0.225 e. The predicted molar refractivity (Wildman–Crippen MR) is 100 cm³/mol. The summed E-state index contributed by atoms with van der Waals surface area (Å²) in [5.41, 5.74) is 2.48. The summed E-state index contributed by atoms with van der Waals surface area (Å²) in [6.45, 7) is 4.22. The second-order valence-corrected chi connectivity index (χ2v) is 8.63. The van der Waals surface area contributed by atoms with Crippen molar-refractivity contribution in [2.45, 2.75) is 63.6 Å². The number of carbonyl (C=O) groups excluding carboxylic acids is 1. The molecule has 1 N–H and O–H groups in total. The van der Waals surface area contributed by atoms with Crippen LogP contribution in [0.1, 0.15) is 63.0 Å². The lowest BCUT2D eigenvalue weighted by Crippen LogP contribution is -2.59. The number of thiophene rings is 1. The first-order chi connectivity index (χ1) is 11.5. The Morgan fingerprint density at radius 2 is 2.04 bits per heavy atom. The third kappa shape index (κ3) is 2.56. The van der Waals surface area contributed by atoms with Gasteiger partial charge in [-0.15, -0.1) is 11.3 Å². The molecule has 2 heterocycles. The highest BCUT2D eigenvalue weighted by molar-refractivity contribution is 7.17. The van der Waals surface area contributed by atoms with Crippen LogP contribution in [0, 0.1) is 0 Å². The van der Waals surface area contributed by atoms with Crippen molar-refractivity contribution in [3.63, 3.8) is 0 Å². The molecule has 0 spiro atoms. The lowest BCUT2D eigenvalue weighted by atomic mass is 9.84. The lowest BCUT2D eigenvalue weighted by Gasteiger charge is -2.43. The minimum Gasteiger partial charge on any atom is -0.330 e. The number of carbonyl (C=O) groups is 1. The van der Waals surface area contributed by atoms with E-state index < -0.39 is 0 Å². The molecule has 1 aliphatic heterocycles. The highest BCUT2D eigenvalue weighted by atomic mass is 32.1. The molecule has 1 unspecified atom stereocenters. The van der Waals surface area contributed by atoms with E-state index in [0.29, 0.717) is 6.42 Å². The summed E-state index contributed by atoms with van der Waals surface area (Å²) in [5.74, 6) is 0.943. The summed E-state index contributed by atoms with van der Waals surface area (Å²) < 4.78 is 1.37. The second kappa shape index (κ2) is 5.85. The van der Waals surface area contributed by atoms with Crippen LogP contribution < -0.4 is 5.32 Å². The molecule has 0 bridgehead atoms. The third-order valence-electron chi connectivity index (χ3n) is 6.04. The first-order valence-corrected chi connectivity index (χ1v) is 9.91. The Balaban J connectivity index is 1.74. The number of nitrogens with one attached hydrogen (secondary N) is 1. The van der Waals surface area contributed by atoms with Crippen LogP contribution in [0.5, 0.6) is 0 Å². The maximum atomic E-state index is 12.4. The van der Waals surface area contributed by atoms with Gasteiger partial charge in [-0.2, -0.15) is 0 Å². The van der Waals surface area contributed by atoms with Gasteiger partial charge in [-0.25, -0.2) is 0 Å². The molecule has 2 atom stereocenters. The average molecular weight is 343 g/mol. The highest BCUT2D eigenvalue weighted by Crippen LogP contribution is 2.42. The Morgan fingerprint density at radius 1 is 1.29 bits per heavy atom. The molecule has 4 rings (SSSR count). The summed E-state index contributed by atoms with van der Waals surface area (Å²) in [6, 6.07) is 6.79. The zero-order chi connectivity index (χ0) is 16.9. The zero-order valence-corrected chi connectivity index (χ0v) is 15.6. The second-order valence-electron chi connectivity index (χ2n) is 7.72. The molecule has 4 heteroatoms. The van der Waals surface area contributed by atoms with Gasteiger partial charge >= 0.3 is 0 Å². The van der Waals surface area contributed by atoms with Gasteiger partial charge in [0.2, 0.25) is 5.91 Å². The van der Waals surface area contributed by atoms with Crippen molar-refractivity contribution >= 4 is 27.3 Å². The first-order valence-electron chi connectivity index (χ1n) is 9.03. The SMILES string of the molecule is CC1N[C@](C)(c2ccc3scc(C4CCCC4)c3c2)CC(=O)N1C. The maximum absolute atomic E-state index is 12.4. The number of rotatable bonds is 2. The molecule has 2 aromatic rings. The van der Waals surface area contributed by atoms with Gasteiger partial charge in [0.15, 0.2) is 0 Å². The molecular weight excluding hydrogens is 316 g/mol. The minimum atomic E-state index is -0.286. The fourth-order valence-electron chi connectivity index (χ4n) is 4.38. The van der Waals surface area contributed by atoms with Crippen molar-refractivity contribution in [2.24, 2.45) is 0 Å². The van der Waals surface area contributed by atoms with Crippen LogP contribution in [-0.4, -0.2) is 24.0 Å². The van der Waals surface area contributed by atoms with Gasteiger partial charge in [-0.05, 0) is 66.6 Å². The van der Waals surface area contributed by atoms with E-state index in [1.807, 2.05) is 18.4 Å². The summed E-state index contributed by atoms with van der Waals surface area (Å²) in [4.78, 5) is 14.2. The predicted octanol–water partition coefficient (Wildman–Crippen LogP) is 4.57. The van der Waals surface area contributed by atoms with Crippen LogP contribution in [0.2, 0.25) is 0 Å². The highest BCUT2D eigenvalue weighted by Gasteiger charge is 2.38. The van der Waals surface area contributed by atoms with Crippen LogP contribution in [0.4, 0.5) is 0 Å². The first kappa shape index (κ1) is 16.1. The van der Waals surface area contributed by atoms with Crippen molar-refractivity contribution in [3.8, 4) is 0 Å². The Kier molecular flexibility index (Phi) is 3.92. The Bertz CT molecular complexity index is 777. The molecule has 1 aliphatic carbocycles. The molecule has 1 aromatic heterocycles. The van der Waals surface area contributed by atoms with Gasteiger partial charge in [-0.1, -0.05) is 18.9 Å². The van der Waals surface area contributed by atoms with Gasteiger partial charge in [0.25, 0.3) is 0 Å². The average Bonchev–Trinajstić information content (AvgIpc) is 3.20. The molecule has 1 saturated carbocycles. The van der Waals surface area contributed by atoms with Crippen LogP contribution in [-0.2, 0) is 10.3 Å². The molecule has 0 radical (unpaired) electrons. The van der Waals surface area contributed by atoms with Gasteiger partial charge in [-0.3, -0.25) is 10.1 Å². The molecule has 3 nitrogen and oxygen atoms in total. The third-order valence-corrected chi connectivity index (χ3v) is 7.02. The summed E-state index contributed by atoms with van der Waals surface area (Å²) in [7, 11) is 1.87. The van der Waals surface area contributed by atoms with Crippen molar-refractivity contribution in [1.82, 2.24) is 10.2 Å². The fourth-order valence-corrected chi connectivity index (χ4v) is 5.41. The minimum absolute atomic E-state index is 0.0590. The monoisotopic (exact) mass is 342 g/mol. The topological polar surface area (TPSA) is 32.3 Å². The van der Waals surface area contributed by atoms with E-state index in [0.717, 1.165) is 5.92 Å². The normalized spacial score (nSPS) is 28.9. The summed E-state index contributed by atoms with van der Waals surface area (Å²) in [5, 5.41) is 7.42. The van der Waals surface area contributed by atoms with Crippen molar-refractivity contribution in [2.75, 3.05) is 7.05 Å². The molecular formula is C20H26N2OS. The van der Waals surface area contributed by atoms with E-state index in [1.54, 1.807) is 4.90 Å². The Labute approximate surface area is 148 Å². The number of fused-ring (bicyclic) bond motifs is 1. The van der Waals surface area contributed by atoms with E-state index in [4.69, 9.17) is 0 Å². The molecule has 1 aromatic carbocycles. The van der Waals surface area contributed by atoms with E-state index in [-0.39, 0.29) is 17.6 Å². The molecule has 24 heavy (non-hydrogen) atoms. The number of nitrogens with zero attached hydrogens (tertiary/aromatic N) is 1. The molecule has 2 aliphatic rings. The molecule has 1 amide bonds.